The molecule has 1 N–H and O–H groups in total. The van der Waals surface area contributed by atoms with Gasteiger partial charge in [0.25, 0.3) is 5.56 Å². The van der Waals surface area contributed by atoms with Gasteiger partial charge in [0.15, 0.2) is 11.6 Å². The third kappa shape index (κ3) is 3.37. The highest BCUT2D eigenvalue weighted by Gasteiger charge is 2.24. The number of aromatic amines is 1. The van der Waals surface area contributed by atoms with E-state index in [1.807, 2.05) is 4.90 Å². The third-order valence-electron chi connectivity index (χ3n) is 4.64. The first-order chi connectivity index (χ1) is 12.4. The van der Waals surface area contributed by atoms with Crippen molar-refractivity contribution in [1.82, 2.24) is 24.6 Å². The molecule has 0 bridgehead atoms. The van der Waals surface area contributed by atoms with Gasteiger partial charge in [0.2, 0.25) is 5.91 Å². The normalized spacial score (nSPS) is 14.6. The fraction of sp³-hybridized carbons (Fsp3) is 0.471. The number of aromatic nitrogens is 4. The Bertz CT molecular complexity index is 892. The lowest BCUT2D eigenvalue weighted by Gasteiger charge is -2.34. The van der Waals surface area contributed by atoms with Crippen molar-refractivity contribution in [2.75, 3.05) is 31.1 Å². The van der Waals surface area contributed by atoms with Gasteiger partial charge in [-0.05, 0) is 20.8 Å². The quantitative estimate of drug-likeness (QED) is 0.780. The fourth-order valence-electron chi connectivity index (χ4n) is 3.33. The van der Waals surface area contributed by atoms with Crippen molar-refractivity contribution in [1.29, 1.82) is 0 Å². The summed E-state index contributed by atoms with van der Waals surface area (Å²) >= 11 is 0. The number of carbonyl (C=O) groups is 2. The number of carbonyl (C=O) groups excluding carboxylic acids is 2. The molecule has 0 radical (unpaired) electrons. The highest BCUT2D eigenvalue weighted by atomic mass is 16.2. The van der Waals surface area contributed by atoms with Gasteiger partial charge in [-0.1, -0.05) is 0 Å². The molecule has 0 aromatic carbocycles. The molecule has 2 aromatic heterocycles. The van der Waals surface area contributed by atoms with Gasteiger partial charge in [-0.15, -0.1) is 0 Å². The SMILES string of the molecule is CC(=O)c1c(C)nn(CC(=O)N2CCN(c3ncc[nH]c3=O)CC2)c1C. The van der Waals surface area contributed by atoms with E-state index in [-0.39, 0.29) is 23.8 Å². The van der Waals surface area contributed by atoms with Crippen LogP contribution in [0.25, 0.3) is 0 Å². The van der Waals surface area contributed by atoms with Crippen molar-refractivity contribution in [2.45, 2.75) is 27.3 Å². The molecule has 0 unspecified atom stereocenters. The third-order valence-corrected chi connectivity index (χ3v) is 4.64. The molecule has 0 aliphatic carbocycles. The summed E-state index contributed by atoms with van der Waals surface area (Å²) in [5.41, 5.74) is 1.70. The van der Waals surface area contributed by atoms with Crippen LogP contribution in [0.3, 0.4) is 0 Å². The van der Waals surface area contributed by atoms with E-state index in [4.69, 9.17) is 0 Å². The van der Waals surface area contributed by atoms with Gasteiger partial charge < -0.3 is 14.8 Å². The molecule has 9 heteroatoms. The minimum Gasteiger partial charge on any atom is -0.348 e. The van der Waals surface area contributed by atoms with Crippen LogP contribution in [-0.4, -0.2) is 62.5 Å². The van der Waals surface area contributed by atoms with Crippen molar-refractivity contribution in [3.63, 3.8) is 0 Å². The van der Waals surface area contributed by atoms with Gasteiger partial charge in [0, 0.05) is 44.3 Å². The van der Waals surface area contributed by atoms with Crippen molar-refractivity contribution >= 4 is 17.5 Å². The lowest BCUT2D eigenvalue weighted by molar-refractivity contribution is -0.132. The number of anilines is 1. The zero-order valence-electron chi connectivity index (χ0n) is 15.2. The zero-order chi connectivity index (χ0) is 18.8. The van der Waals surface area contributed by atoms with Crippen molar-refractivity contribution in [3.8, 4) is 0 Å². The highest BCUT2D eigenvalue weighted by molar-refractivity contribution is 5.96. The summed E-state index contributed by atoms with van der Waals surface area (Å²) in [6, 6.07) is 0. The fourth-order valence-corrected chi connectivity index (χ4v) is 3.33. The number of hydrogen-bond donors (Lipinski definition) is 1. The molecule has 0 spiro atoms. The molecule has 1 aliphatic rings. The van der Waals surface area contributed by atoms with Gasteiger partial charge in [-0.3, -0.25) is 19.1 Å². The second-order valence-electron chi connectivity index (χ2n) is 6.37. The van der Waals surface area contributed by atoms with E-state index in [0.717, 1.165) is 0 Å². The van der Waals surface area contributed by atoms with Crippen LogP contribution in [0.15, 0.2) is 17.2 Å². The summed E-state index contributed by atoms with van der Waals surface area (Å²) in [4.78, 5) is 46.5. The van der Waals surface area contributed by atoms with E-state index in [2.05, 4.69) is 15.1 Å². The van der Waals surface area contributed by atoms with Crippen LogP contribution in [0.2, 0.25) is 0 Å². The zero-order valence-corrected chi connectivity index (χ0v) is 15.2. The van der Waals surface area contributed by atoms with E-state index in [1.54, 1.807) is 29.6 Å². The standard InChI is InChI=1S/C17H22N6O3/c1-11-15(13(3)24)12(2)23(20-11)10-14(25)21-6-8-22(9-7-21)16-17(26)19-5-4-18-16/h4-5H,6-10H2,1-3H3,(H,19,26). The number of H-pyrrole nitrogens is 1. The predicted molar refractivity (Wildman–Crippen MR) is 95.4 cm³/mol. The number of piperazine rings is 1. The first-order valence-electron chi connectivity index (χ1n) is 8.50. The summed E-state index contributed by atoms with van der Waals surface area (Å²) in [5.74, 6) is 0.275. The molecule has 0 atom stereocenters. The molecule has 1 amide bonds. The molecular weight excluding hydrogens is 336 g/mol. The molecule has 3 rings (SSSR count). The number of Topliss-reactive ketones (excluding diaryl/α,β-unsaturated/α-hetero) is 1. The van der Waals surface area contributed by atoms with Crippen LogP contribution in [0.5, 0.6) is 0 Å². The Balaban J connectivity index is 1.64. The summed E-state index contributed by atoms with van der Waals surface area (Å²) in [6.07, 6.45) is 3.04. The molecule has 1 fully saturated rings. The Morgan fingerprint density at radius 3 is 2.46 bits per heavy atom. The van der Waals surface area contributed by atoms with Crippen LogP contribution < -0.4 is 10.5 Å². The van der Waals surface area contributed by atoms with Crippen molar-refractivity contribution < 1.29 is 9.59 Å². The Morgan fingerprint density at radius 2 is 1.88 bits per heavy atom. The van der Waals surface area contributed by atoms with E-state index in [9.17, 15) is 14.4 Å². The first kappa shape index (κ1) is 17.8. The van der Waals surface area contributed by atoms with Crippen molar-refractivity contribution in [3.05, 3.63) is 39.7 Å². The summed E-state index contributed by atoms with van der Waals surface area (Å²) in [7, 11) is 0. The van der Waals surface area contributed by atoms with E-state index < -0.39 is 0 Å². The maximum Gasteiger partial charge on any atom is 0.290 e. The number of amides is 1. The molecular formula is C17H22N6O3. The maximum atomic E-state index is 12.6. The molecule has 1 saturated heterocycles. The van der Waals surface area contributed by atoms with Gasteiger partial charge in [-0.2, -0.15) is 5.10 Å². The van der Waals surface area contributed by atoms with Crippen LogP contribution in [0, 0.1) is 13.8 Å². The van der Waals surface area contributed by atoms with Gasteiger partial charge in [0.05, 0.1) is 11.3 Å². The monoisotopic (exact) mass is 358 g/mol. The smallest absolute Gasteiger partial charge is 0.290 e. The Morgan fingerprint density at radius 1 is 1.19 bits per heavy atom. The average molecular weight is 358 g/mol. The topological polar surface area (TPSA) is 104 Å². The molecule has 26 heavy (non-hydrogen) atoms. The van der Waals surface area contributed by atoms with Crippen LogP contribution in [-0.2, 0) is 11.3 Å². The van der Waals surface area contributed by atoms with Crippen LogP contribution >= 0.6 is 0 Å². The number of nitrogens with zero attached hydrogens (tertiary/aromatic N) is 5. The van der Waals surface area contributed by atoms with E-state index in [0.29, 0.717) is 48.9 Å². The van der Waals surface area contributed by atoms with Gasteiger partial charge in [0.1, 0.15) is 6.54 Å². The largest absolute Gasteiger partial charge is 0.348 e. The number of ketones is 1. The highest BCUT2D eigenvalue weighted by Crippen LogP contribution is 2.14. The Labute approximate surface area is 150 Å². The minimum atomic E-state index is -0.230. The van der Waals surface area contributed by atoms with Crippen LogP contribution in [0.4, 0.5) is 5.82 Å². The van der Waals surface area contributed by atoms with Gasteiger partial charge in [-0.25, -0.2) is 4.98 Å². The number of rotatable bonds is 4. The summed E-state index contributed by atoms with van der Waals surface area (Å²) in [5, 5.41) is 4.32. The number of nitrogens with one attached hydrogen (secondary N) is 1. The molecule has 2 aromatic rings. The lowest BCUT2D eigenvalue weighted by atomic mass is 10.1. The molecule has 3 heterocycles. The summed E-state index contributed by atoms with van der Waals surface area (Å²) < 4.78 is 1.59. The van der Waals surface area contributed by atoms with Gasteiger partial charge >= 0.3 is 0 Å². The molecule has 138 valence electrons. The molecule has 0 saturated carbocycles. The average Bonchev–Trinajstić information content (AvgIpc) is 2.89. The predicted octanol–water partition coefficient (Wildman–Crippen LogP) is 0.135. The van der Waals surface area contributed by atoms with Crippen LogP contribution in [0.1, 0.15) is 28.7 Å². The second-order valence-corrected chi connectivity index (χ2v) is 6.37. The minimum absolute atomic E-state index is 0.0482. The summed E-state index contributed by atoms with van der Waals surface area (Å²) in [6.45, 7) is 7.28. The number of hydrogen-bond acceptors (Lipinski definition) is 6. The lowest BCUT2D eigenvalue weighted by Crippen LogP contribution is -2.51. The first-order valence-corrected chi connectivity index (χ1v) is 8.50. The van der Waals surface area contributed by atoms with E-state index >= 15 is 0 Å². The molecule has 9 nitrogen and oxygen atoms in total. The Hall–Kier alpha value is -2.97. The maximum absolute atomic E-state index is 12.6. The molecule has 1 aliphatic heterocycles. The van der Waals surface area contributed by atoms with Crippen molar-refractivity contribution in [2.24, 2.45) is 0 Å². The Kier molecular flexibility index (Phi) is 4.88. The second kappa shape index (κ2) is 7.11. The van der Waals surface area contributed by atoms with E-state index in [1.165, 1.54) is 13.1 Å². The number of aryl methyl sites for hydroxylation is 1.